The van der Waals surface area contributed by atoms with E-state index < -0.39 is 0 Å². The number of urea groups is 1. The summed E-state index contributed by atoms with van der Waals surface area (Å²) in [6.07, 6.45) is 0.341. The highest BCUT2D eigenvalue weighted by atomic mass is 35.5. The van der Waals surface area contributed by atoms with Crippen molar-refractivity contribution in [1.29, 1.82) is 0 Å². The van der Waals surface area contributed by atoms with E-state index >= 15 is 0 Å². The van der Waals surface area contributed by atoms with Crippen LogP contribution < -0.4 is 4.90 Å². The Bertz CT molecular complexity index is 487. The van der Waals surface area contributed by atoms with Gasteiger partial charge in [-0.2, -0.15) is 0 Å². The zero-order valence-corrected chi connectivity index (χ0v) is 10.5. The Morgan fingerprint density at radius 2 is 2.00 bits per heavy atom. The van der Waals surface area contributed by atoms with Crippen LogP contribution in [0.15, 0.2) is 18.2 Å². The number of carbonyl (C=O) groups excluding carboxylic acids is 2. The van der Waals surface area contributed by atoms with E-state index in [1.807, 2.05) is 19.1 Å². The molecule has 1 aliphatic rings. The fourth-order valence-corrected chi connectivity index (χ4v) is 1.92. The molecular weight excluding hydrogens is 240 g/mol. The number of benzene rings is 1. The summed E-state index contributed by atoms with van der Waals surface area (Å²) >= 11 is 6.03. The maximum absolute atomic E-state index is 11.9. The molecule has 0 aromatic heterocycles. The van der Waals surface area contributed by atoms with Gasteiger partial charge in [-0.25, -0.2) is 4.79 Å². The van der Waals surface area contributed by atoms with Gasteiger partial charge in [0.05, 0.1) is 0 Å². The van der Waals surface area contributed by atoms with Crippen molar-refractivity contribution < 1.29 is 9.59 Å². The average Bonchev–Trinajstić information content (AvgIpc) is 2.30. The first-order valence-corrected chi connectivity index (χ1v) is 5.72. The Kier molecular flexibility index (Phi) is 3.07. The third kappa shape index (κ3) is 2.13. The van der Waals surface area contributed by atoms with Crippen LogP contribution in [0.4, 0.5) is 10.5 Å². The number of carbonyl (C=O) groups is 2. The Morgan fingerprint density at radius 1 is 1.29 bits per heavy atom. The molecule has 3 amide bonds. The lowest BCUT2D eigenvalue weighted by Gasteiger charge is -2.32. The quantitative estimate of drug-likeness (QED) is 0.770. The van der Waals surface area contributed by atoms with Crippen molar-refractivity contribution in [3.05, 3.63) is 28.8 Å². The molecule has 0 N–H and O–H groups in total. The van der Waals surface area contributed by atoms with Crippen LogP contribution in [0.1, 0.15) is 12.0 Å². The van der Waals surface area contributed by atoms with Gasteiger partial charge >= 0.3 is 6.03 Å². The third-order valence-corrected chi connectivity index (χ3v) is 3.32. The number of amides is 3. The minimum absolute atomic E-state index is 0.149. The Labute approximate surface area is 105 Å². The fourth-order valence-electron chi connectivity index (χ4n) is 1.75. The van der Waals surface area contributed by atoms with Gasteiger partial charge in [-0.05, 0) is 24.6 Å². The highest BCUT2D eigenvalue weighted by Gasteiger charge is 2.29. The molecule has 0 radical (unpaired) electrons. The van der Waals surface area contributed by atoms with Gasteiger partial charge in [0, 0.05) is 30.7 Å². The predicted octanol–water partition coefficient (Wildman–Crippen LogP) is 2.44. The number of rotatable bonds is 1. The molecule has 0 aliphatic carbocycles. The molecule has 0 atom stereocenters. The van der Waals surface area contributed by atoms with Gasteiger partial charge in [0.15, 0.2) is 0 Å². The van der Waals surface area contributed by atoms with Gasteiger partial charge in [-0.15, -0.1) is 0 Å². The van der Waals surface area contributed by atoms with Crippen LogP contribution >= 0.6 is 11.6 Å². The lowest BCUT2D eigenvalue weighted by Crippen LogP contribution is -2.50. The lowest BCUT2D eigenvalue weighted by molar-refractivity contribution is -0.127. The maximum Gasteiger partial charge on any atom is 0.330 e. The normalized spacial score (nSPS) is 16.6. The molecule has 1 aromatic carbocycles. The summed E-state index contributed by atoms with van der Waals surface area (Å²) in [5, 5.41) is 0.620. The predicted molar refractivity (Wildman–Crippen MR) is 66.3 cm³/mol. The summed E-state index contributed by atoms with van der Waals surface area (Å²) in [5.41, 5.74) is 1.69. The average molecular weight is 253 g/mol. The molecule has 0 spiro atoms. The summed E-state index contributed by atoms with van der Waals surface area (Å²) in [6.45, 7) is 2.31. The van der Waals surface area contributed by atoms with Crippen LogP contribution in [0.2, 0.25) is 5.02 Å². The molecule has 1 fully saturated rings. The first-order valence-electron chi connectivity index (χ1n) is 5.35. The van der Waals surface area contributed by atoms with E-state index in [1.165, 1.54) is 7.05 Å². The number of anilines is 1. The van der Waals surface area contributed by atoms with Crippen molar-refractivity contribution in [2.75, 3.05) is 18.5 Å². The fraction of sp³-hybridized carbons (Fsp3) is 0.333. The number of hydrogen-bond acceptors (Lipinski definition) is 2. The molecule has 5 heteroatoms. The molecule has 4 nitrogen and oxygen atoms in total. The van der Waals surface area contributed by atoms with Gasteiger partial charge in [-0.1, -0.05) is 17.7 Å². The second kappa shape index (κ2) is 4.37. The maximum atomic E-state index is 11.9. The monoisotopic (exact) mass is 252 g/mol. The van der Waals surface area contributed by atoms with Crippen LogP contribution in [-0.4, -0.2) is 30.4 Å². The molecule has 2 rings (SSSR count). The summed E-state index contributed by atoms with van der Waals surface area (Å²) in [6, 6.07) is 5.14. The standard InChI is InChI=1S/C12H13ClN2O2/c1-8-3-4-9(7-10(8)13)15-6-5-11(16)14(2)12(15)17/h3-4,7H,5-6H2,1-2H3. The summed E-state index contributed by atoms with van der Waals surface area (Å²) in [5.74, 6) is -0.149. The number of hydrogen-bond donors (Lipinski definition) is 0. The number of nitrogens with zero attached hydrogens (tertiary/aromatic N) is 2. The first-order chi connectivity index (χ1) is 8.00. The van der Waals surface area contributed by atoms with E-state index in [0.717, 1.165) is 16.2 Å². The van der Waals surface area contributed by atoms with E-state index in [2.05, 4.69) is 0 Å². The molecule has 0 saturated carbocycles. The van der Waals surface area contributed by atoms with Crippen LogP contribution in [0, 0.1) is 6.92 Å². The van der Waals surface area contributed by atoms with E-state index in [1.54, 1.807) is 11.0 Å². The lowest BCUT2D eigenvalue weighted by atomic mass is 10.2. The second-order valence-corrected chi connectivity index (χ2v) is 4.48. The minimum atomic E-state index is -0.304. The summed E-state index contributed by atoms with van der Waals surface area (Å²) < 4.78 is 0. The smallest absolute Gasteiger partial charge is 0.293 e. The van der Waals surface area contributed by atoms with Crippen molar-refractivity contribution in [1.82, 2.24) is 4.90 Å². The molecule has 0 bridgehead atoms. The summed E-state index contributed by atoms with van der Waals surface area (Å²) in [7, 11) is 1.49. The van der Waals surface area contributed by atoms with Crippen molar-refractivity contribution in [3.63, 3.8) is 0 Å². The Balaban J connectivity index is 2.31. The van der Waals surface area contributed by atoms with Crippen LogP contribution in [0.25, 0.3) is 0 Å². The van der Waals surface area contributed by atoms with E-state index in [0.29, 0.717) is 18.0 Å². The minimum Gasteiger partial charge on any atom is -0.293 e. The molecular formula is C12H13ClN2O2. The zero-order valence-electron chi connectivity index (χ0n) is 9.74. The van der Waals surface area contributed by atoms with Gasteiger partial charge in [0.1, 0.15) is 0 Å². The molecule has 1 aromatic rings. The third-order valence-electron chi connectivity index (χ3n) is 2.91. The molecule has 1 aliphatic heterocycles. The molecule has 90 valence electrons. The number of aryl methyl sites for hydroxylation is 1. The molecule has 1 heterocycles. The number of halogens is 1. The van der Waals surface area contributed by atoms with Crippen molar-refractivity contribution in [2.24, 2.45) is 0 Å². The molecule has 17 heavy (non-hydrogen) atoms. The highest BCUT2D eigenvalue weighted by molar-refractivity contribution is 6.31. The second-order valence-electron chi connectivity index (χ2n) is 4.07. The first kappa shape index (κ1) is 11.9. The van der Waals surface area contributed by atoms with Gasteiger partial charge < -0.3 is 0 Å². The van der Waals surface area contributed by atoms with Gasteiger partial charge in [0.2, 0.25) is 5.91 Å². The van der Waals surface area contributed by atoms with Gasteiger partial charge in [0.25, 0.3) is 0 Å². The highest BCUT2D eigenvalue weighted by Crippen LogP contribution is 2.25. The van der Waals surface area contributed by atoms with Crippen molar-refractivity contribution >= 4 is 29.2 Å². The molecule has 0 unspecified atom stereocenters. The van der Waals surface area contributed by atoms with Crippen molar-refractivity contribution in [2.45, 2.75) is 13.3 Å². The van der Waals surface area contributed by atoms with Crippen LogP contribution in [-0.2, 0) is 4.79 Å². The Morgan fingerprint density at radius 3 is 2.65 bits per heavy atom. The van der Waals surface area contributed by atoms with Crippen LogP contribution in [0.3, 0.4) is 0 Å². The van der Waals surface area contributed by atoms with E-state index in [9.17, 15) is 9.59 Å². The van der Waals surface area contributed by atoms with Crippen molar-refractivity contribution in [3.8, 4) is 0 Å². The SMILES string of the molecule is Cc1ccc(N2CCC(=O)N(C)C2=O)cc1Cl. The molecule has 1 saturated heterocycles. The number of imide groups is 1. The largest absolute Gasteiger partial charge is 0.330 e. The van der Waals surface area contributed by atoms with E-state index in [-0.39, 0.29) is 11.9 Å². The summed E-state index contributed by atoms with van der Waals surface area (Å²) in [4.78, 5) is 26.0. The zero-order chi connectivity index (χ0) is 12.6. The topological polar surface area (TPSA) is 40.6 Å². The van der Waals surface area contributed by atoms with Crippen LogP contribution in [0.5, 0.6) is 0 Å². The van der Waals surface area contributed by atoms with E-state index in [4.69, 9.17) is 11.6 Å². The Hall–Kier alpha value is -1.55. The van der Waals surface area contributed by atoms with Gasteiger partial charge in [-0.3, -0.25) is 14.6 Å².